The first-order valence-corrected chi connectivity index (χ1v) is 10.4. The van der Waals surface area contributed by atoms with Crippen LogP contribution in [-0.4, -0.2) is 30.6 Å². The van der Waals surface area contributed by atoms with Crippen molar-refractivity contribution in [1.82, 2.24) is 0 Å². The van der Waals surface area contributed by atoms with Crippen LogP contribution in [0.4, 0.5) is 13.8 Å². The van der Waals surface area contributed by atoms with E-state index in [2.05, 4.69) is 5.32 Å². The molecule has 6 nitrogen and oxygen atoms in total. The number of anilines is 1. The van der Waals surface area contributed by atoms with Crippen LogP contribution in [0.3, 0.4) is 0 Å². The molecule has 9 heteroatoms. The zero-order valence-electron chi connectivity index (χ0n) is 16.6. The fraction of sp³-hybridized carbons (Fsp3) is 0.381. The minimum atomic E-state index is -1.25. The van der Waals surface area contributed by atoms with Gasteiger partial charge in [-0.1, -0.05) is 0 Å². The second-order valence-corrected chi connectivity index (χ2v) is 7.94. The maximum absolute atomic E-state index is 13.3. The molecule has 1 aliphatic rings. The van der Waals surface area contributed by atoms with Crippen molar-refractivity contribution < 1.29 is 32.6 Å². The van der Waals surface area contributed by atoms with Gasteiger partial charge in [-0.2, -0.15) is 0 Å². The maximum atomic E-state index is 13.3. The minimum absolute atomic E-state index is 0.203. The van der Waals surface area contributed by atoms with Gasteiger partial charge in [0.25, 0.3) is 5.91 Å². The first-order valence-electron chi connectivity index (χ1n) is 9.59. The molecule has 1 N–H and O–H groups in total. The Hall–Kier alpha value is -2.81. The molecule has 1 heterocycles. The van der Waals surface area contributed by atoms with Crippen LogP contribution in [-0.2, 0) is 27.1 Å². The molecule has 1 atom stereocenters. The molecule has 0 saturated heterocycles. The lowest BCUT2D eigenvalue weighted by Crippen LogP contribution is -2.30. The molecule has 1 amide bonds. The number of benzene rings is 1. The number of fused-ring (bicyclic) bond motifs is 1. The smallest absolute Gasteiger partial charge is 0.341 e. The highest BCUT2D eigenvalue weighted by Gasteiger charge is 2.29. The molecule has 30 heavy (non-hydrogen) atoms. The monoisotopic (exact) mass is 437 g/mol. The quantitative estimate of drug-likeness (QED) is 0.683. The summed E-state index contributed by atoms with van der Waals surface area (Å²) >= 11 is 1.31. The summed E-state index contributed by atoms with van der Waals surface area (Å²) in [6.45, 7) is 3.24. The number of nitrogens with one attached hydrogen (secondary N) is 1. The van der Waals surface area contributed by atoms with Crippen LogP contribution in [0.5, 0.6) is 0 Å². The van der Waals surface area contributed by atoms with Crippen LogP contribution < -0.4 is 5.32 Å². The van der Waals surface area contributed by atoms with E-state index in [1.165, 1.54) is 18.3 Å². The Balaban J connectivity index is 1.75. The number of amides is 1. The van der Waals surface area contributed by atoms with Crippen molar-refractivity contribution in [2.24, 2.45) is 0 Å². The molecule has 0 radical (unpaired) electrons. The van der Waals surface area contributed by atoms with E-state index in [-0.39, 0.29) is 12.2 Å². The predicted molar refractivity (Wildman–Crippen MR) is 107 cm³/mol. The van der Waals surface area contributed by atoms with E-state index < -0.39 is 35.6 Å². The van der Waals surface area contributed by atoms with Gasteiger partial charge in [-0.3, -0.25) is 4.79 Å². The van der Waals surface area contributed by atoms with Crippen molar-refractivity contribution in [3.8, 4) is 0 Å². The largest absolute Gasteiger partial charge is 0.462 e. The predicted octanol–water partition coefficient (Wildman–Crippen LogP) is 4.27. The molecule has 1 aliphatic carbocycles. The Labute approximate surface area is 176 Å². The van der Waals surface area contributed by atoms with Gasteiger partial charge in [-0.15, -0.1) is 11.3 Å². The summed E-state index contributed by atoms with van der Waals surface area (Å²) in [5.74, 6) is -4.06. The number of ether oxygens (including phenoxy) is 2. The molecule has 2 aromatic rings. The fourth-order valence-corrected chi connectivity index (χ4v) is 4.52. The molecule has 1 unspecified atom stereocenters. The fourth-order valence-electron chi connectivity index (χ4n) is 3.24. The Morgan fingerprint density at radius 2 is 1.77 bits per heavy atom. The third-order valence-corrected chi connectivity index (χ3v) is 5.85. The summed E-state index contributed by atoms with van der Waals surface area (Å²) in [6.07, 6.45) is 2.24. The third-order valence-electron chi connectivity index (χ3n) is 4.64. The van der Waals surface area contributed by atoms with E-state index in [9.17, 15) is 23.2 Å². The number of hydrogen-bond donors (Lipinski definition) is 1. The van der Waals surface area contributed by atoms with Crippen LogP contribution in [0.1, 0.15) is 57.8 Å². The van der Waals surface area contributed by atoms with Crippen LogP contribution >= 0.6 is 11.3 Å². The highest BCUT2D eigenvalue weighted by Crippen LogP contribution is 2.38. The van der Waals surface area contributed by atoms with E-state index in [1.807, 2.05) is 0 Å². The van der Waals surface area contributed by atoms with E-state index in [1.54, 1.807) is 6.92 Å². The van der Waals surface area contributed by atoms with E-state index in [4.69, 9.17) is 9.47 Å². The highest BCUT2D eigenvalue weighted by atomic mass is 32.1. The Bertz CT molecular complexity index is 968. The number of carbonyl (C=O) groups is 3. The average molecular weight is 437 g/mol. The molecular formula is C21H21F2NO5S. The van der Waals surface area contributed by atoms with Crippen molar-refractivity contribution in [1.29, 1.82) is 0 Å². The first-order chi connectivity index (χ1) is 14.3. The molecular weight excluding hydrogens is 416 g/mol. The first kappa shape index (κ1) is 21.9. The average Bonchev–Trinajstić information content (AvgIpc) is 3.05. The van der Waals surface area contributed by atoms with Crippen molar-refractivity contribution in [2.75, 3.05) is 11.9 Å². The topological polar surface area (TPSA) is 81.7 Å². The lowest BCUT2D eigenvalue weighted by atomic mass is 9.95. The highest BCUT2D eigenvalue weighted by molar-refractivity contribution is 7.17. The summed E-state index contributed by atoms with van der Waals surface area (Å²) in [5, 5.41) is 2.99. The van der Waals surface area contributed by atoms with Gasteiger partial charge in [-0.25, -0.2) is 18.4 Å². The third kappa shape index (κ3) is 4.84. The number of hydrogen-bond acceptors (Lipinski definition) is 6. The lowest BCUT2D eigenvalue weighted by molar-refractivity contribution is -0.123. The van der Waals surface area contributed by atoms with Crippen molar-refractivity contribution in [3.63, 3.8) is 0 Å². The van der Waals surface area contributed by atoms with Crippen LogP contribution in [0.25, 0.3) is 0 Å². The Morgan fingerprint density at radius 1 is 1.10 bits per heavy atom. The molecule has 0 aliphatic heterocycles. The second-order valence-electron chi connectivity index (χ2n) is 6.83. The van der Waals surface area contributed by atoms with Gasteiger partial charge in [0, 0.05) is 10.9 Å². The SMILES string of the molecule is CCOC(=O)c1c(NC(=O)C(C)OC(=O)c2cc(F)cc(F)c2)sc2c1CCCC2. The van der Waals surface area contributed by atoms with Crippen LogP contribution in [0.15, 0.2) is 18.2 Å². The molecule has 0 bridgehead atoms. The molecule has 3 rings (SSSR count). The molecule has 160 valence electrons. The number of thiophene rings is 1. The van der Waals surface area contributed by atoms with Gasteiger partial charge in [0.05, 0.1) is 17.7 Å². The molecule has 1 aromatic heterocycles. The number of esters is 2. The van der Waals surface area contributed by atoms with E-state index in [0.717, 1.165) is 48.3 Å². The van der Waals surface area contributed by atoms with E-state index >= 15 is 0 Å². The normalized spacial score (nSPS) is 13.9. The van der Waals surface area contributed by atoms with Gasteiger partial charge in [-0.05, 0) is 57.2 Å². The Kier molecular flexibility index (Phi) is 6.81. The van der Waals surface area contributed by atoms with Gasteiger partial charge in [0.2, 0.25) is 0 Å². The number of rotatable bonds is 6. The van der Waals surface area contributed by atoms with Crippen LogP contribution in [0, 0.1) is 11.6 Å². The summed E-state index contributed by atoms with van der Waals surface area (Å²) in [5.41, 5.74) is 0.890. The molecule has 1 aromatic carbocycles. The van der Waals surface area contributed by atoms with Gasteiger partial charge < -0.3 is 14.8 Å². The zero-order valence-corrected chi connectivity index (χ0v) is 17.4. The number of aryl methyl sites for hydroxylation is 1. The molecule has 0 saturated carbocycles. The van der Waals surface area contributed by atoms with Crippen molar-refractivity contribution in [2.45, 2.75) is 45.6 Å². The Morgan fingerprint density at radius 3 is 2.43 bits per heavy atom. The summed E-state index contributed by atoms with van der Waals surface area (Å²) in [7, 11) is 0. The molecule has 0 spiro atoms. The van der Waals surface area contributed by atoms with Crippen molar-refractivity contribution in [3.05, 3.63) is 51.4 Å². The maximum Gasteiger partial charge on any atom is 0.341 e. The minimum Gasteiger partial charge on any atom is -0.462 e. The lowest BCUT2D eigenvalue weighted by Gasteiger charge is -2.14. The second kappa shape index (κ2) is 9.34. The van der Waals surface area contributed by atoms with Gasteiger partial charge >= 0.3 is 11.9 Å². The summed E-state index contributed by atoms with van der Waals surface area (Å²) < 4.78 is 36.8. The zero-order chi connectivity index (χ0) is 21.8. The number of carbonyl (C=O) groups excluding carboxylic acids is 3. The van der Waals surface area contributed by atoms with E-state index in [0.29, 0.717) is 16.6 Å². The van der Waals surface area contributed by atoms with Gasteiger partial charge in [0.15, 0.2) is 6.10 Å². The van der Waals surface area contributed by atoms with Crippen LogP contribution in [0.2, 0.25) is 0 Å². The number of halogens is 2. The summed E-state index contributed by atoms with van der Waals surface area (Å²) in [4.78, 5) is 38.2. The molecule has 0 fully saturated rings. The van der Waals surface area contributed by atoms with Gasteiger partial charge in [0.1, 0.15) is 16.6 Å². The standard InChI is InChI=1S/C21H21F2NO5S/c1-3-28-21(27)17-15-6-4-5-7-16(15)30-19(17)24-18(25)11(2)29-20(26)12-8-13(22)10-14(23)9-12/h8-11H,3-7H2,1-2H3,(H,24,25). The van der Waals surface area contributed by atoms with Crippen molar-refractivity contribution >= 4 is 34.2 Å². The summed E-state index contributed by atoms with van der Waals surface area (Å²) in [6, 6.07) is 2.27.